The lowest BCUT2D eigenvalue weighted by Crippen LogP contribution is -2.38. The van der Waals surface area contributed by atoms with Gasteiger partial charge in [-0.25, -0.2) is 4.79 Å². The highest BCUT2D eigenvalue weighted by Gasteiger charge is 2.39. The summed E-state index contributed by atoms with van der Waals surface area (Å²) >= 11 is 0. The molecule has 0 aromatic heterocycles. The van der Waals surface area contributed by atoms with Gasteiger partial charge in [-0.1, -0.05) is 30.3 Å². The Kier molecular flexibility index (Phi) is 3.21. The fraction of sp³-hybridized carbons (Fsp3) is 0.429. The average molecular weight is 259 g/mol. The highest BCUT2D eigenvalue weighted by molar-refractivity contribution is 6.04. The number of nitrogens with one attached hydrogen (secondary N) is 2. The van der Waals surface area contributed by atoms with Gasteiger partial charge in [-0.3, -0.25) is 15.0 Å². The lowest BCUT2D eigenvalue weighted by atomic mass is 9.99. The Labute approximate surface area is 112 Å². The predicted octanol–water partition coefficient (Wildman–Crippen LogP) is 0.716. The first-order valence-corrected chi connectivity index (χ1v) is 6.60. The molecule has 2 aliphatic rings. The van der Waals surface area contributed by atoms with Gasteiger partial charge >= 0.3 is 6.03 Å². The predicted molar refractivity (Wildman–Crippen MR) is 70.3 cm³/mol. The van der Waals surface area contributed by atoms with Gasteiger partial charge in [-0.05, 0) is 18.5 Å². The molecule has 2 fully saturated rings. The summed E-state index contributed by atoms with van der Waals surface area (Å²) in [6.07, 6.45) is 0.950. The Morgan fingerprint density at radius 3 is 2.68 bits per heavy atom. The normalized spacial score (nSPS) is 27.4. The molecule has 2 N–H and O–H groups in total. The van der Waals surface area contributed by atoms with Crippen LogP contribution in [0.25, 0.3) is 0 Å². The number of nitrogens with zero attached hydrogens (tertiary/aromatic N) is 1. The molecule has 19 heavy (non-hydrogen) atoms. The zero-order valence-corrected chi connectivity index (χ0v) is 10.6. The average Bonchev–Trinajstić information content (AvgIpc) is 2.97. The van der Waals surface area contributed by atoms with Gasteiger partial charge in [0.05, 0.1) is 0 Å². The van der Waals surface area contributed by atoms with Crippen molar-refractivity contribution in [3.63, 3.8) is 0 Å². The first-order chi connectivity index (χ1) is 9.22. The zero-order chi connectivity index (χ0) is 13.2. The van der Waals surface area contributed by atoms with Crippen LogP contribution in [0.2, 0.25) is 0 Å². The third kappa shape index (κ3) is 2.61. The molecule has 5 heteroatoms. The fourth-order valence-electron chi connectivity index (χ4n) is 2.88. The number of likely N-dealkylation sites (tertiary alicyclic amines) is 1. The van der Waals surface area contributed by atoms with Crippen LogP contribution >= 0.6 is 0 Å². The number of hydrogen-bond acceptors (Lipinski definition) is 3. The first-order valence-electron chi connectivity index (χ1n) is 6.60. The summed E-state index contributed by atoms with van der Waals surface area (Å²) in [7, 11) is 0. The number of urea groups is 1. The summed E-state index contributed by atoms with van der Waals surface area (Å²) < 4.78 is 0. The van der Waals surface area contributed by atoms with Crippen LogP contribution in [-0.4, -0.2) is 36.0 Å². The summed E-state index contributed by atoms with van der Waals surface area (Å²) in [4.78, 5) is 25.1. The highest BCUT2D eigenvalue weighted by atomic mass is 16.2. The van der Waals surface area contributed by atoms with Crippen molar-refractivity contribution in [1.29, 1.82) is 0 Å². The summed E-state index contributed by atoms with van der Waals surface area (Å²) in [6.45, 7) is 2.73. The van der Waals surface area contributed by atoms with E-state index in [0.717, 1.165) is 26.1 Å². The zero-order valence-electron chi connectivity index (χ0n) is 10.6. The summed E-state index contributed by atoms with van der Waals surface area (Å²) in [6, 6.07) is 9.58. The Balaban J connectivity index is 1.58. The number of hydrogen-bond donors (Lipinski definition) is 2. The molecule has 0 radical (unpaired) electrons. The van der Waals surface area contributed by atoms with Crippen LogP contribution in [-0.2, 0) is 11.3 Å². The minimum Gasteiger partial charge on any atom is -0.326 e. The molecular weight excluding hydrogens is 242 g/mol. The van der Waals surface area contributed by atoms with E-state index in [-0.39, 0.29) is 23.9 Å². The van der Waals surface area contributed by atoms with Crippen LogP contribution in [0.3, 0.4) is 0 Å². The fourth-order valence-corrected chi connectivity index (χ4v) is 2.88. The van der Waals surface area contributed by atoms with E-state index < -0.39 is 0 Å². The second kappa shape index (κ2) is 5.01. The van der Waals surface area contributed by atoms with Crippen molar-refractivity contribution in [3.8, 4) is 0 Å². The second-order valence-electron chi connectivity index (χ2n) is 5.21. The standard InChI is InChI=1S/C14H17N3O2/c18-13-12(15-14(19)16-13)11-6-7-17(9-11)8-10-4-2-1-3-5-10/h1-5,11-12H,6-9H2,(H2,15,16,18,19). The maximum Gasteiger partial charge on any atom is 0.322 e. The van der Waals surface area contributed by atoms with Crippen LogP contribution in [0.15, 0.2) is 30.3 Å². The number of amides is 3. The molecule has 100 valence electrons. The minimum absolute atomic E-state index is 0.184. The molecule has 2 aliphatic heterocycles. The summed E-state index contributed by atoms with van der Waals surface area (Å²) in [5, 5.41) is 5.00. The molecule has 0 aliphatic carbocycles. The van der Waals surface area contributed by atoms with Crippen LogP contribution in [0.4, 0.5) is 4.79 Å². The maximum atomic E-state index is 11.6. The van der Waals surface area contributed by atoms with Crippen molar-refractivity contribution in [2.45, 2.75) is 19.0 Å². The van der Waals surface area contributed by atoms with Gasteiger partial charge in [-0.15, -0.1) is 0 Å². The Bertz CT molecular complexity index is 489. The van der Waals surface area contributed by atoms with Crippen molar-refractivity contribution in [2.75, 3.05) is 13.1 Å². The molecule has 2 heterocycles. The Morgan fingerprint density at radius 1 is 1.21 bits per heavy atom. The van der Waals surface area contributed by atoms with Gasteiger partial charge < -0.3 is 5.32 Å². The van der Waals surface area contributed by atoms with E-state index in [0.29, 0.717) is 0 Å². The number of benzene rings is 1. The molecule has 1 aromatic carbocycles. The van der Waals surface area contributed by atoms with Gasteiger partial charge in [0, 0.05) is 19.0 Å². The summed E-state index contributed by atoms with van der Waals surface area (Å²) in [5.41, 5.74) is 1.28. The molecular formula is C14H17N3O2. The lowest BCUT2D eigenvalue weighted by molar-refractivity contribution is -0.121. The number of rotatable bonds is 3. The van der Waals surface area contributed by atoms with Gasteiger partial charge in [0.15, 0.2) is 0 Å². The van der Waals surface area contributed by atoms with Crippen LogP contribution in [0.1, 0.15) is 12.0 Å². The molecule has 2 saturated heterocycles. The molecule has 1 aromatic rings. The van der Waals surface area contributed by atoms with Gasteiger partial charge in [-0.2, -0.15) is 0 Å². The molecule has 0 spiro atoms. The van der Waals surface area contributed by atoms with E-state index in [1.807, 2.05) is 18.2 Å². The topological polar surface area (TPSA) is 61.4 Å². The SMILES string of the molecule is O=C1NC(=O)C(C2CCN(Cc3ccccc3)C2)N1. The highest BCUT2D eigenvalue weighted by Crippen LogP contribution is 2.23. The van der Waals surface area contributed by atoms with Crippen LogP contribution in [0, 0.1) is 5.92 Å². The van der Waals surface area contributed by atoms with E-state index in [2.05, 4.69) is 27.7 Å². The third-order valence-electron chi connectivity index (χ3n) is 3.84. The number of carbonyl (C=O) groups is 2. The smallest absolute Gasteiger partial charge is 0.322 e. The van der Waals surface area contributed by atoms with Crippen molar-refractivity contribution in [2.24, 2.45) is 5.92 Å². The quantitative estimate of drug-likeness (QED) is 0.786. The van der Waals surface area contributed by atoms with Crippen LogP contribution < -0.4 is 10.6 Å². The minimum atomic E-state index is -0.364. The molecule has 3 rings (SSSR count). The number of carbonyl (C=O) groups excluding carboxylic acids is 2. The van der Waals surface area contributed by atoms with E-state index in [4.69, 9.17) is 0 Å². The Morgan fingerprint density at radius 2 is 2.00 bits per heavy atom. The number of imide groups is 1. The second-order valence-corrected chi connectivity index (χ2v) is 5.21. The van der Waals surface area contributed by atoms with Gasteiger partial charge in [0.2, 0.25) is 0 Å². The van der Waals surface area contributed by atoms with Crippen molar-refractivity contribution >= 4 is 11.9 Å². The molecule has 0 bridgehead atoms. The first kappa shape index (κ1) is 12.2. The maximum absolute atomic E-state index is 11.6. The summed E-state index contributed by atoms with van der Waals surface area (Å²) in [5.74, 6) is 0.0340. The molecule has 5 nitrogen and oxygen atoms in total. The van der Waals surface area contributed by atoms with Crippen LogP contribution in [0.5, 0.6) is 0 Å². The molecule has 2 unspecified atom stereocenters. The Hall–Kier alpha value is -1.88. The van der Waals surface area contributed by atoms with Crippen molar-refractivity contribution in [1.82, 2.24) is 15.5 Å². The van der Waals surface area contributed by atoms with E-state index in [9.17, 15) is 9.59 Å². The van der Waals surface area contributed by atoms with Gasteiger partial charge in [0.25, 0.3) is 5.91 Å². The van der Waals surface area contributed by atoms with Gasteiger partial charge in [0.1, 0.15) is 6.04 Å². The van der Waals surface area contributed by atoms with E-state index in [1.54, 1.807) is 0 Å². The van der Waals surface area contributed by atoms with Crippen molar-refractivity contribution in [3.05, 3.63) is 35.9 Å². The van der Waals surface area contributed by atoms with E-state index >= 15 is 0 Å². The largest absolute Gasteiger partial charge is 0.326 e. The molecule has 0 saturated carbocycles. The van der Waals surface area contributed by atoms with Crippen molar-refractivity contribution < 1.29 is 9.59 Å². The molecule has 2 atom stereocenters. The van der Waals surface area contributed by atoms with E-state index in [1.165, 1.54) is 5.56 Å². The monoisotopic (exact) mass is 259 g/mol. The third-order valence-corrected chi connectivity index (χ3v) is 3.84. The molecule has 3 amide bonds. The lowest BCUT2D eigenvalue weighted by Gasteiger charge is -2.18.